The Bertz CT molecular complexity index is 1010. The average Bonchev–Trinajstić information content (AvgIpc) is 2.94. The number of nitrogens with one attached hydrogen (secondary N) is 1. The highest BCUT2D eigenvalue weighted by atomic mass is 19.1. The lowest BCUT2D eigenvalue weighted by molar-refractivity contribution is 0.0941. The van der Waals surface area contributed by atoms with Gasteiger partial charge in [0.15, 0.2) is 0 Å². The number of aromatic nitrogens is 1. The minimum Gasteiger partial charge on any atom is -0.321 e. The first-order valence-corrected chi connectivity index (χ1v) is 7.13. The van der Waals surface area contributed by atoms with Crippen LogP contribution in [-0.4, -0.2) is 16.4 Å². The van der Waals surface area contributed by atoms with Gasteiger partial charge in [0.2, 0.25) is 5.91 Å². The molecule has 1 heterocycles. The van der Waals surface area contributed by atoms with Crippen molar-refractivity contribution in [3.8, 4) is 6.07 Å². The lowest BCUT2D eigenvalue weighted by Crippen LogP contribution is -2.12. The molecule has 0 spiro atoms. The Labute approximate surface area is 136 Å². The molecule has 0 atom stereocenters. The summed E-state index contributed by atoms with van der Waals surface area (Å²) in [5.74, 6) is -1.30. The monoisotopic (exact) mass is 321 g/mol. The zero-order valence-corrected chi connectivity index (χ0v) is 12.7. The van der Waals surface area contributed by atoms with Crippen molar-refractivity contribution >= 4 is 28.4 Å². The van der Waals surface area contributed by atoms with E-state index < -0.39 is 11.7 Å². The van der Waals surface area contributed by atoms with Crippen LogP contribution in [0.15, 0.2) is 48.7 Å². The molecule has 5 nitrogen and oxygen atoms in total. The maximum absolute atomic E-state index is 13.5. The molecule has 0 unspecified atom stereocenters. The molecule has 3 aromatic rings. The predicted molar refractivity (Wildman–Crippen MR) is 87.3 cm³/mol. The van der Waals surface area contributed by atoms with Crippen LogP contribution in [0.3, 0.4) is 0 Å². The fourth-order valence-corrected chi connectivity index (χ4v) is 2.52. The first-order valence-electron chi connectivity index (χ1n) is 7.13. The lowest BCUT2D eigenvalue weighted by Gasteiger charge is -2.05. The molecule has 0 aliphatic carbocycles. The topological polar surface area (TPSA) is 74.9 Å². The summed E-state index contributed by atoms with van der Waals surface area (Å²) in [4.78, 5) is 24.3. The maximum atomic E-state index is 13.5. The van der Waals surface area contributed by atoms with E-state index >= 15 is 0 Å². The number of amides is 1. The number of hydrogen-bond donors (Lipinski definition) is 1. The molecule has 1 amide bonds. The van der Waals surface area contributed by atoms with Gasteiger partial charge in [-0.3, -0.25) is 14.2 Å². The molecule has 1 N–H and O–H groups in total. The normalized spacial score (nSPS) is 10.4. The average molecular weight is 321 g/mol. The zero-order chi connectivity index (χ0) is 17.3. The van der Waals surface area contributed by atoms with Crippen molar-refractivity contribution in [2.75, 3.05) is 5.32 Å². The molecule has 0 saturated carbocycles. The molecule has 0 aliphatic heterocycles. The highest BCUT2D eigenvalue weighted by Gasteiger charge is 2.18. The van der Waals surface area contributed by atoms with Crippen LogP contribution in [0.2, 0.25) is 0 Å². The van der Waals surface area contributed by atoms with Crippen LogP contribution in [0.4, 0.5) is 10.1 Å². The number of hydrogen-bond acceptors (Lipinski definition) is 3. The summed E-state index contributed by atoms with van der Waals surface area (Å²) in [6.07, 6.45) is 1.37. The fourth-order valence-electron chi connectivity index (χ4n) is 2.52. The van der Waals surface area contributed by atoms with Crippen LogP contribution in [0.25, 0.3) is 10.9 Å². The number of rotatable bonds is 2. The molecule has 118 valence electrons. The highest BCUT2D eigenvalue weighted by molar-refractivity contribution is 6.14. The largest absolute Gasteiger partial charge is 0.321 e. The summed E-state index contributed by atoms with van der Waals surface area (Å²) in [5, 5.41) is 12.2. The smallest absolute Gasteiger partial charge is 0.257 e. The van der Waals surface area contributed by atoms with Gasteiger partial charge >= 0.3 is 0 Å². The number of carbonyl (C=O) groups excluding carboxylic acids is 2. The number of halogens is 1. The minimum absolute atomic E-state index is 0.230. The lowest BCUT2D eigenvalue weighted by atomic mass is 10.1. The van der Waals surface area contributed by atoms with Gasteiger partial charge in [-0.1, -0.05) is 12.1 Å². The van der Waals surface area contributed by atoms with E-state index in [1.807, 2.05) is 6.07 Å². The van der Waals surface area contributed by atoms with E-state index in [2.05, 4.69) is 5.32 Å². The molecule has 0 radical (unpaired) electrons. The van der Waals surface area contributed by atoms with E-state index in [1.165, 1.54) is 35.9 Å². The van der Waals surface area contributed by atoms with Gasteiger partial charge in [-0.25, -0.2) is 4.39 Å². The third-order valence-corrected chi connectivity index (χ3v) is 3.65. The molecule has 1 aromatic heterocycles. The summed E-state index contributed by atoms with van der Waals surface area (Å²) in [5.41, 5.74) is 1.25. The molecular weight excluding hydrogens is 309 g/mol. The Morgan fingerprint density at radius 3 is 2.67 bits per heavy atom. The Hall–Kier alpha value is -3.46. The Kier molecular flexibility index (Phi) is 3.84. The summed E-state index contributed by atoms with van der Waals surface area (Å²) in [7, 11) is 0. The predicted octanol–water partition coefficient (Wildman–Crippen LogP) is 3.56. The van der Waals surface area contributed by atoms with Crippen LogP contribution in [-0.2, 0) is 0 Å². The quantitative estimate of drug-likeness (QED) is 0.784. The van der Waals surface area contributed by atoms with Gasteiger partial charge in [0, 0.05) is 18.5 Å². The van der Waals surface area contributed by atoms with Crippen LogP contribution < -0.4 is 5.32 Å². The van der Waals surface area contributed by atoms with Crippen molar-refractivity contribution < 1.29 is 14.0 Å². The molecule has 0 bridgehead atoms. The van der Waals surface area contributed by atoms with Crippen LogP contribution in [0, 0.1) is 17.1 Å². The van der Waals surface area contributed by atoms with Crippen molar-refractivity contribution in [2.24, 2.45) is 0 Å². The van der Waals surface area contributed by atoms with Crippen LogP contribution in [0.5, 0.6) is 0 Å². The summed E-state index contributed by atoms with van der Waals surface area (Å²) in [6, 6.07) is 12.5. The Morgan fingerprint density at radius 2 is 1.96 bits per heavy atom. The van der Waals surface area contributed by atoms with Gasteiger partial charge in [-0.2, -0.15) is 5.26 Å². The van der Waals surface area contributed by atoms with Crippen LogP contribution >= 0.6 is 0 Å². The van der Waals surface area contributed by atoms with Crippen molar-refractivity contribution in [3.63, 3.8) is 0 Å². The van der Waals surface area contributed by atoms with E-state index in [1.54, 1.807) is 24.3 Å². The third-order valence-electron chi connectivity index (χ3n) is 3.65. The number of carbonyl (C=O) groups is 2. The van der Waals surface area contributed by atoms with Gasteiger partial charge in [-0.05, 0) is 30.3 Å². The zero-order valence-electron chi connectivity index (χ0n) is 12.7. The van der Waals surface area contributed by atoms with Gasteiger partial charge in [-0.15, -0.1) is 0 Å². The molecule has 3 rings (SSSR count). The minimum atomic E-state index is -0.495. The number of fused-ring (bicyclic) bond motifs is 1. The summed E-state index contributed by atoms with van der Waals surface area (Å²) < 4.78 is 14.7. The first kappa shape index (κ1) is 15.4. The van der Waals surface area contributed by atoms with E-state index in [0.29, 0.717) is 22.2 Å². The second-order valence-electron chi connectivity index (χ2n) is 5.20. The van der Waals surface area contributed by atoms with E-state index in [0.717, 1.165) is 0 Å². The number of benzene rings is 2. The van der Waals surface area contributed by atoms with Crippen molar-refractivity contribution in [1.82, 2.24) is 4.57 Å². The summed E-state index contributed by atoms with van der Waals surface area (Å²) >= 11 is 0. The number of nitriles is 1. The second-order valence-corrected chi connectivity index (χ2v) is 5.20. The number of nitrogens with zero attached hydrogens (tertiary/aromatic N) is 2. The molecular formula is C18H12FN3O2. The van der Waals surface area contributed by atoms with Crippen molar-refractivity contribution in [2.45, 2.75) is 6.92 Å². The van der Waals surface area contributed by atoms with E-state index in [4.69, 9.17) is 5.26 Å². The van der Waals surface area contributed by atoms with Crippen LogP contribution in [0.1, 0.15) is 27.6 Å². The van der Waals surface area contributed by atoms with Gasteiger partial charge < -0.3 is 5.32 Å². The molecule has 24 heavy (non-hydrogen) atoms. The molecule has 0 fully saturated rings. The Morgan fingerprint density at radius 1 is 1.21 bits per heavy atom. The molecule has 0 aliphatic rings. The molecule has 0 saturated heterocycles. The third kappa shape index (κ3) is 2.63. The molecule has 6 heteroatoms. The standard InChI is InChI=1S/C18H12FN3O2/c1-11(23)22-10-15(14-7-6-13(19)8-17(14)22)18(24)21-16-5-3-2-4-12(16)9-20/h2-8,10H,1H3,(H,21,24). The van der Waals surface area contributed by atoms with E-state index in [-0.39, 0.29) is 11.5 Å². The van der Waals surface area contributed by atoms with Crippen molar-refractivity contribution in [1.29, 1.82) is 5.26 Å². The Balaban J connectivity index is 2.08. The van der Waals surface area contributed by atoms with Crippen molar-refractivity contribution in [3.05, 3.63) is 65.6 Å². The van der Waals surface area contributed by atoms with Gasteiger partial charge in [0.1, 0.15) is 11.9 Å². The second kappa shape index (κ2) is 5.97. The summed E-state index contributed by atoms with van der Waals surface area (Å²) in [6.45, 7) is 1.33. The number of para-hydroxylation sites is 1. The van der Waals surface area contributed by atoms with Gasteiger partial charge in [0.05, 0.1) is 22.3 Å². The highest BCUT2D eigenvalue weighted by Crippen LogP contribution is 2.24. The molecule has 2 aromatic carbocycles. The van der Waals surface area contributed by atoms with E-state index in [9.17, 15) is 14.0 Å². The maximum Gasteiger partial charge on any atom is 0.257 e. The van der Waals surface area contributed by atoms with Gasteiger partial charge in [0.25, 0.3) is 5.91 Å². The fraction of sp³-hybridized carbons (Fsp3) is 0.0556. The number of anilines is 1. The SMILES string of the molecule is CC(=O)n1cc(C(=O)Nc2ccccc2C#N)c2ccc(F)cc21. The first-order chi connectivity index (χ1) is 11.5.